The first-order chi connectivity index (χ1) is 8.76. The zero-order valence-corrected chi connectivity index (χ0v) is 11.0. The average molecular weight is 276 g/mol. The van der Waals surface area contributed by atoms with Gasteiger partial charge in [0.2, 0.25) is 0 Å². The molecule has 0 unspecified atom stereocenters. The van der Waals surface area contributed by atoms with Crippen LogP contribution in [-0.2, 0) is 6.61 Å². The molecule has 3 rings (SSSR count). The van der Waals surface area contributed by atoms with Crippen molar-refractivity contribution in [3.63, 3.8) is 0 Å². The molecule has 18 heavy (non-hydrogen) atoms. The number of halogens is 1. The van der Waals surface area contributed by atoms with Gasteiger partial charge in [0, 0.05) is 10.6 Å². The molecule has 0 spiro atoms. The van der Waals surface area contributed by atoms with Crippen molar-refractivity contribution >= 4 is 33.2 Å². The van der Waals surface area contributed by atoms with Crippen molar-refractivity contribution in [2.75, 3.05) is 0 Å². The molecule has 3 aromatic rings. The van der Waals surface area contributed by atoms with E-state index in [0.29, 0.717) is 0 Å². The maximum absolute atomic E-state index is 9.12. The van der Waals surface area contributed by atoms with Crippen LogP contribution in [0.1, 0.15) is 5.56 Å². The lowest BCUT2D eigenvalue weighted by atomic mass is 10.2. The number of aromatic nitrogens is 1. The summed E-state index contributed by atoms with van der Waals surface area (Å²) < 4.78 is 1.09. The molecule has 0 fully saturated rings. The Hall–Kier alpha value is -1.42. The van der Waals surface area contributed by atoms with Gasteiger partial charge in [-0.25, -0.2) is 4.98 Å². The van der Waals surface area contributed by atoms with Crippen LogP contribution in [-0.4, -0.2) is 10.1 Å². The van der Waals surface area contributed by atoms with Crippen LogP contribution in [0.15, 0.2) is 42.5 Å². The maximum Gasteiger partial charge on any atom is 0.124 e. The van der Waals surface area contributed by atoms with Gasteiger partial charge in [-0.05, 0) is 29.8 Å². The molecule has 0 saturated carbocycles. The number of aliphatic hydroxyl groups is 1. The predicted molar refractivity (Wildman–Crippen MR) is 76.0 cm³/mol. The van der Waals surface area contributed by atoms with E-state index in [1.54, 1.807) is 11.3 Å². The van der Waals surface area contributed by atoms with Crippen LogP contribution in [0.4, 0.5) is 0 Å². The average Bonchev–Trinajstić information content (AvgIpc) is 2.82. The van der Waals surface area contributed by atoms with Gasteiger partial charge in [-0.1, -0.05) is 29.8 Å². The molecule has 1 heterocycles. The summed E-state index contributed by atoms with van der Waals surface area (Å²) in [6.45, 7) is 0.0596. The molecule has 0 aliphatic rings. The molecule has 0 aliphatic carbocycles. The third-order valence-corrected chi connectivity index (χ3v) is 4.05. The SMILES string of the molecule is OCc1ccc2nc(-c3ccc(Cl)cc3)sc2c1. The van der Waals surface area contributed by atoms with E-state index in [1.165, 1.54) is 0 Å². The highest BCUT2D eigenvalue weighted by Crippen LogP contribution is 2.31. The first kappa shape index (κ1) is 11.7. The monoisotopic (exact) mass is 275 g/mol. The fourth-order valence-electron chi connectivity index (χ4n) is 1.78. The summed E-state index contributed by atoms with van der Waals surface area (Å²) in [6.07, 6.45) is 0. The Kier molecular flexibility index (Phi) is 3.04. The fraction of sp³-hybridized carbons (Fsp3) is 0.0714. The molecule has 0 amide bonds. The highest BCUT2D eigenvalue weighted by Gasteiger charge is 2.06. The topological polar surface area (TPSA) is 33.1 Å². The minimum Gasteiger partial charge on any atom is -0.392 e. The van der Waals surface area contributed by atoms with Crippen molar-refractivity contribution < 1.29 is 5.11 Å². The van der Waals surface area contributed by atoms with Crippen LogP contribution < -0.4 is 0 Å². The zero-order chi connectivity index (χ0) is 12.5. The molecule has 4 heteroatoms. The van der Waals surface area contributed by atoms with E-state index in [1.807, 2.05) is 42.5 Å². The first-order valence-corrected chi connectivity index (χ1v) is 6.72. The van der Waals surface area contributed by atoms with Crippen molar-refractivity contribution in [3.05, 3.63) is 53.1 Å². The van der Waals surface area contributed by atoms with Gasteiger partial charge in [0.25, 0.3) is 0 Å². The van der Waals surface area contributed by atoms with Crippen molar-refractivity contribution in [2.24, 2.45) is 0 Å². The summed E-state index contributed by atoms with van der Waals surface area (Å²) in [4.78, 5) is 4.58. The number of hydrogen-bond donors (Lipinski definition) is 1. The van der Waals surface area contributed by atoms with E-state index in [2.05, 4.69) is 4.98 Å². The van der Waals surface area contributed by atoms with Gasteiger partial charge in [0.05, 0.1) is 16.8 Å². The molecule has 90 valence electrons. The fourth-order valence-corrected chi connectivity index (χ4v) is 2.94. The lowest BCUT2D eigenvalue weighted by Crippen LogP contribution is -1.80. The Morgan fingerprint density at radius 1 is 1.11 bits per heavy atom. The van der Waals surface area contributed by atoms with Crippen LogP contribution in [0, 0.1) is 0 Å². The summed E-state index contributed by atoms with van der Waals surface area (Å²) in [5.41, 5.74) is 2.93. The van der Waals surface area contributed by atoms with Crippen molar-refractivity contribution in [2.45, 2.75) is 6.61 Å². The zero-order valence-electron chi connectivity index (χ0n) is 9.43. The Morgan fingerprint density at radius 3 is 2.61 bits per heavy atom. The number of thiazole rings is 1. The second kappa shape index (κ2) is 4.69. The van der Waals surface area contributed by atoms with E-state index in [9.17, 15) is 0 Å². The number of rotatable bonds is 2. The third-order valence-electron chi connectivity index (χ3n) is 2.73. The molecule has 0 aliphatic heterocycles. The lowest BCUT2D eigenvalue weighted by molar-refractivity contribution is 0.282. The normalized spacial score (nSPS) is 11.0. The second-order valence-corrected chi connectivity index (χ2v) is 5.45. The molecule has 1 aromatic heterocycles. The van der Waals surface area contributed by atoms with E-state index in [4.69, 9.17) is 16.7 Å². The summed E-state index contributed by atoms with van der Waals surface area (Å²) in [5, 5.41) is 10.8. The molecule has 0 radical (unpaired) electrons. The predicted octanol–water partition coefficient (Wildman–Crippen LogP) is 4.11. The summed E-state index contributed by atoms with van der Waals surface area (Å²) in [6, 6.07) is 13.5. The quantitative estimate of drug-likeness (QED) is 0.763. The number of aliphatic hydroxyl groups excluding tert-OH is 1. The number of nitrogens with zero attached hydrogens (tertiary/aromatic N) is 1. The minimum absolute atomic E-state index is 0.0596. The van der Waals surface area contributed by atoms with Gasteiger partial charge in [0.15, 0.2) is 0 Å². The largest absolute Gasteiger partial charge is 0.392 e. The molecule has 0 saturated heterocycles. The number of hydrogen-bond acceptors (Lipinski definition) is 3. The highest BCUT2D eigenvalue weighted by molar-refractivity contribution is 7.21. The lowest BCUT2D eigenvalue weighted by Gasteiger charge is -1.94. The Bertz CT molecular complexity index is 691. The molecule has 0 bridgehead atoms. The van der Waals surface area contributed by atoms with Gasteiger partial charge >= 0.3 is 0 Å². The van der Waals surface area contributed by atoms with E-state index in [0.717, 1.165) is 31.4 Å². The number of fused-ring (bicyclic) bond motifs is 1. The molecule has 2 nitrogen and oxygen atoms in total. The van der Waals surface area contributed by atoms with Crippen LogP contribution in [0.25, 0.3) is 20.8 Å². The molecular weight excluding hydrogens is 266 g/mol. The van der Waals surface area contributed by atoms with Crippen molar-refractivity contribution in [3.8, 4) is 10.6 Å². The molecule has 2 aromatic carbocycles. The Labute approximate surface area is 113 Å². The first-order valence-electron chi connectivity index (χ1n) is 5.52. The van der Waals surface area contributed by atoms with Gasteiger partial charge in [-0.3, -0.25) is 0 Å². The third kappa shape index (κ3) is 2.12. The molecular formula is C14H10ClNOS. The van der Waals surface area contributed by atoms with Gasteiger partial charge in [-0.15, -0.1) is 11.3 Å². The van der Waals surface area contributed by atoms with E-state index < -0.39 is 0 Å². The standard InChI is InChI=1S/C14H10ClNOS/c15-11-4-2-10(3-5-11)14-16-12-6-1-9(8-17)7-13(12)18-14/h1-7,17H,8H2. The smallest absolute Gasteiger partial charge is 0.124 e. The van der Waals surface area contributed by atoms with Gasteiger partial charge in [0.1, 0.15) is 5.01 Å². The maximum atomic E-state index is 9.12. The Morgan fingerprint density at radius 2 is 1.89 bits per heavy atom. The number of benzene rings is 2. The van der Waals surface area contributed by atoms with Gasteiger partial charge < -0.3 is 5.11 Å². The van der Waals surface area contributed by atoms with Crippen LogP contribution >= 0.6 is 22.9 Å². The van der Waals surface area contributed by atoms with Crippen LogP contribution in [0.3, 0.4) is 0 Å². The molecule has 0 atom stereocenters. The minimum atomic E-state index is 0.0596. The Balaban J connectivity index is 2.10. The highest BCUT2D eigenvalue weighted by atomic mass is 35.5. The summed E-state index contributed by atoms with van der Waals surface area (Å²) in [7, 11) is 0. The summed E-state index contributed by atoms with van der Waals surface area (Å²) >= 11 is 7.49. The van der Waals surface area contributed by atoms with Crippen molar-refractivity contribution in [1.29, 1.82) is 0 Å². The summed E-state index contributed by atoms with van der Waals surface area (Å²) in [5.74, 6) is 0. The van der Waals surface area contributed by atoms with Crippen LogP contribution in [0.5, 0.6) is 0 Å². The van der Waals surface area contributed by atoms with E-state index in [-0.39, 0.29) is 6.61 Å². The molecule has 1 N–H and O–H groups in total. The van der Waals surface area contributed by atoms with E-state index >= 15 is 0 Å². The van der Waals surface area contributed by atoms with Gasteiger partial charge in [-0.2, -0.15) is 0 Å². The van der Waals surface area contributed by atoms with Crippen LogP contribution in [0.2, 0.25) is 5.02 Å². The van der Waals surface area contributed by atoms with Crippen molar-refractivity contribution in [1.82, 2.24) is 4.98 Å². The second-order valence-electron chi connectivity index (χ2n) is 3.99.